The molecule has 1 aromatic carbocycles. The molecule has 0 saturated heterocycles. The van der Waals surface area contributed by atoms with E-state index in [4.69, 9.17) is 22.7 Å². The molecule has 3 N–H and O–H groups in total. The Morgan fingerprint density at radius 2 is 2.22 bits per heavy atom. The molecular formula is C13H19BrN2OS. The van der Waals surface area contributed by atoms with E-state index in [0.717, 1.165) is 35.3 Å². The molecule has 0 atom stereocenters. The quantitative estimate of drug-likeness (QED) is 0.567. The summed E-state index contributed by atoms with van der Waals surface area (Å²) < 4.78 is 6.44. The molecule has 0 bridgehead atoms. The third-order valence-electron chi connectivity index (χ3n) is 2.46. The molecule has 0 aliphatic heterocycles. The van der Waals surface area contributed by atoms with Gasteiger partial charge < -0.3 is 15.8 Å². The molecule has 0 aliphatic carbocycles. The molecule has 0 heterocycles. The second-order valence-corrected chi connectivity index (χ2v) is 5.25. The molecule has 0 amide bonds. The van der Waals surface area contributed by atoms with Gasteiger partial charge in [-0.15, -0.1) is 0 Å². The first-order valence-corrected chi connectivity index (χ1v) is 7.26. The summed E-state index contributed by atoms with van der Waals surface area (Å²) in [4.78, 5) is 0.408. The van der Waals surface area contributed by atoms with Gasteiger partial charge in [-0.2, -0.15) is 0 Å². The molecule has 3 nitrogen and oxygen atoms in total. The Kier molecular flexibility index (Phi) is 7.23. The number of rotatable bonds is 8. The minimum atomic E-state index is 0.408. The lowest BCUT2D eigenvalue weighted by atomic mass is 10.2. The van der Waals surface area contributed by atoms with Crippen molar-refractivity contribution in [1.29, 1.82) is 0 Å². The average Bonchev–Trinajstić information content (AvgIpc) is 2.35. The summed E-state index contributed by atoms with van der Waals surface area (Å²) in [6.45, 7) is 4.49. The van der Waals surface area contributed by atoms with E-state index in [2.05, 4.69) is 28.2 Å². The number of nitrogens with one attached hydrogen (secondary N) is 1. The maximum Gasteiger partial charge on any atom is 0.104 e. The Balaban J connectivity index is 2.36. The van der Waals surface area contributed by atoms with Crippen molar-refractivity contribution in [3.05, 3.63) is 28.2 Å². The molecule has 0 aromatic heterocycles. The van der Waals surface area contributed by atoms with Crippen LogP contribution < -0.4 is 11.1 Å². The molecule has 1 aromatic rings. The number of hydrogen-bond donors (Lipinski definition) is 2. The Labute approximate surface area is 122 Å². The van der Waals surface area contributed by atoms with Crippen molar-refractivity contribution in [3.63, 3.8) is 0 Å². The fraction of sp³-hybridized carbons (Fsp3) is 0.462. The number of thiocarbonyl (C=S) groups is 1. The lowest BCUT2D eigenvalue weighted by Gasteiger charge is -2.10. The number of benzene rings is 1. The number of nitrogens with two attached hydrogens (primary N) is 1. The van der Waals surface area contributed by atoms with E-state index in [1.54, 1.807) is 0 Å². The van der Waals surface area contributed by atoms with Crippen LogP contribution in [0.4, 0.5) is 5.69 Å². The third-order valence-corrected chi connectivity index (χ3v) is 3.35. The highest BCUT2D eigenvalue weighted by atomic mass is 79.9. The van der Waals surface area contributed by atoms with Crippen molar-refractivity contribution in [1.82, 2.24) is 0 Å². The first-order chi connectivity index (χ1) is 8.65. The number of anilines is 1. The molecule has 0 fully saturated rings. The fourth-order valence-corrected chi connectivity index (χ4v) is 2.06. The molecule has 5 heteroatoms. The number of unbranched alkanes of at least 4 members (excludes halogenated alkanes) is 1. The third kappa shape index (κ3) is 5.33. The minimum absolute atomic E-state index is 0.408. The number of hydrogen-bond acceptors (Lipinski definition) is 3. The van der Waals surface area contributed by atoms with E-state index in [1.807, 2.05) is 18.2 Å². The summed E-state index contributed by atoms with van der Waals surface area (Å²) in [5, 5.41) is 3.30. The molecular weight excluding hydrogens is 312 g/mol. The van der Waals surface area contributed by atoms with Crippen LogP contribution >= 0.6 is 28.1 Å². The predicted octanol–water partition coefficient (Wildman–Crippen LogP) is 3.31. The first-order valence-electron chi connectivity index (χ1n) is 6.06. The van der Waals surface area contributed by atoms with Crippen LogP contribution in [-0.4, -0.2) is 24.7 Å². The highest BCUT2D eigenvalue weighted by Crippen LogP contribution is 2.23. The average molecular weight is 331 g/mol. The molecule has 0 aliphatic rings. The van der Waals surface area contributed by atoms with Crippen LogP contribution in [0.25, 0.3) is 0 Å². The van der Waals surface area contributed by atoms with Crippen molar-refractivity contribution in [3.8, 4) is 0 Å². The van der Waals surface area contributed by atoms with Gasteiger partial charge >= 0.3 is 0 Å². The molecule has 1 rings (SSSR count). The van der Waals surface area contributed by atoms with Gasteiger partial charge in [0.05, 0.1) is 6.61 Å². The van der Waals surface area contributed by atoms with Crippen LogP contribution in [0.5, 0.6) is 0 Å². The Morgan fingerprint density at radius 3 is 2.83 bits per heavy atom. The zero-order chi connectivity index (χ0) is 13.4. The summed E-state index contributed by atoms with van der Waals surface area (Å²) in [5.74, 6) is 0. The highest BCUT2D eigenvalue weighted by molar-refractivity contribution is 9.10. The predicted molar refractivity (Wildman–Crippen MR) is 84.2 cm³/mol. The Bertz CT molecular complexity index is 399. The normalized spacial score (nSPS) is 10.3. The monoisotopic (exact) mass is 330 g/mol. The second kappa shape index (κ2) is 8.45. The van der Waals surface area contributed by atoms with E-state index in [-0.39, 0.29) is 0 Å². The van der Waals surface area contributed by atoms with Crippen LogP contribution in [0.2, 0.25) is 0 Å². The first kappa shape index (κ1) is 15.4. The van der Waals surface area contributed by atoms with E-state index >= 15 is 0 Å². The molecule has 18 heavy (non-hydrogen) atoms. The second-order valence-electron chi connectivity index (χ2n) is 3.95. The molecule has 0 unspecified atom stereocenters. The summed E-state index contributed by atoms with van der Waals surface area (Å²) in [6, 6.07) is 5.79. The van der Waals surface area contributed by atoms with Crippen LogP contribution in [0.3, 0.4) is 0 Å². The zero-order valence-corrected chi connectivity index (χ0v) is 12.9. The Hall–Kier alpha value is -0.650. The molecule has 0 radical (unpaired) electrons. The standard InChI is InChI=1S/C13H19BrN2OS/c1-2-3-7-17-8-6-16-12-5-4-10(13(15)18)9-11(12)14/h4-5,9,16H,2-3,6-8H2,1H3,(H2,15,18). The van der Waals surface area contributed by atoms with Gasteiger partial charge in [-0.3, -0.25) is 0 Å². The van der Waals surface area contributed by atoms with Gasteiger partial charge in [-0.05, 0) is 40.5 Å². The Morgan fingerprint density at radius 1 is 1.44 bits per heavy atom. The van der Waals surface area contributed by atoms with Crippen LogP contribution in [0.15, 0.2) is 22.7 Å². The number of halogens is 1. The summed E-state index contributed by atoms with van der Waals surface area (Å²) in [7, 11) is 0. The molecule has 0 saturated carbocycles. The molecule has 100 valence electrons. The van der Waals surface area contributed by atoms with E-state index in [0.29, 0.717) is 11.6 Å². The zero-order valence-electron chi connectivity index (χ0n) is 10.5. The maximum absolute atomic E-state index is 5.57. The van der Waals surface area contributed by atoms with Gasteiger partial charge in [0.25, 0.3) is 0 Å². The SMILES string of the molecule is CCCCOCCNc1ccc(C(N)=S)cc1Br. The smallest absolute Gasteiger partial charge is 0.104 e. The molecule has 0 spiro atoms. The summed E-state index contributed by atoms with van der Waals surface area (Å²) >= 11 is 8.42. The van der Waals surface area contributed by atoms with Gasteiger partial charge in [0.2, 0.25) is 0 Å². The lowest BCUT2D eigenvalue weighted by molar-refractivity contribution is 0.141. The van der Waals surface area contributed by atoms with Gasteiger partial charge in [0, 0.05) is 28.9 Å². The van der Waals surface area contributed by atoms with Gasteiger partial charge in [-0.25, -0.2) is 0 Å². The topological polar surface area (TPSA) is 47.3 Å². The maximum atomic E-state index is 5.57. The van der Waals surface area contributed by atoms with Crippen molar-refractivity contribution < 1.29 is 4.74 Å². The van der Waals surface area contributed by atoms with E-state index in [9.17, 15) is 0 Å². The van der Waals surface area contributed by atoms with E-state index < -0.39 is 0 Å². The lowest BCUT2D eigenvalue weighted by Crippen LogP contribution is -2.12. The minimum Gasteiger partial charge on any atom is -0.389 e. The van der Waals surface area contributed by atoms with Crippen molar-refractivity contribution in [2.75, 3.05) is 25.1 Å². The van der Waals surface area contributed by atoms with E-state index in [1.165, 1.54) is 6.42 Å². The largest absolute Gasteiger partial charge is 0.389 e. The fourth-order valence-electron chi connectivity index (χ4n) is 1.42. The van der Waals surface area contributed by atoms with Crippen LogP contribution in [0.1, 0.15) is 25.3 Å². The summed E-state index contributed by atoms with van der Waals surface area (Å²) in [6.07, 6.45) is 2.28. The van der Waals surface area contributed by atoms with Crippen molar-refractivity contribution >= 4 is 38.8 Å². The van der Waals surface area contributed by atoms with Gasteiger partial charge in [0.1, 0.15) is 4.99 Å². The highest BCUT2D eigenvalue weighted by Gasteiger charge is 2.02. The van der Waals surface area contributed by atoms with Crippen LogP contribution in [-0.2, 0) is 4.74 Å². The van der Waals surface area contributed by atoms with Crippen molar-refractivity contribution in [2.45, 2.75) is 19.8 Å². The van der Waals surface area contributed by atoms with Gasteiger partial charge in [-0.1, -0.05) is 25.6 Å². The van der Waals surface area contributed by atoms with Crippen LogP contribution in [0, 0.1) is 0 Å². The number of ether oxygens (including phenoxy) is 1. The van der Waals surface area contributed by atoms with Crippen molar-refractivity contribution in [2.24, 2.45) is 5.73 Å². The van der Waals surface area contributed by atoms with Gasteiger partial charge in [0.15, 0.2) is 0 Å². The summed E-state index contributed by atoms with van der Waals surface area (Å²) in [5.41, 5.74) is 7.46.